The Labute approximate surface area is 102 Å². The molecule has 0 aromatic heterocycles. The molecule has 0 bridgehead atoms. The Morgan fingerprint density at radius 2 is 2.18 bits per heavy atom. The summed E-state index contributed by atoms with van der Waals surface area (Å²) in [5.41, 5.74) is 10.4. The lowest BCUT2D eigenvalue weighted by Gasteiger charge is -2.34. The summed E-state index contributed by atoms with van der Waals surface area (Å²) in [6.07, 6.45) is 7.22. The maximum atomic E-state index is 3.24. The van der Waals surface area contributed by atoms with E-state index >= 15 is 0 Å². The van der Waals surface area contributed by atoms with E-state index in [2.05, 4.69) is 53.8 Å². The van der Waals surface area contributed by atoms with Crippen LogP contribution in [-0.2, 0) is 6.42 Å². The monoisotopic (exact) mass is 221 g/mol. The van der Waals surface area contributed by atoms with Crippen molar-refractivity contribution >= 4 is 0 Å². The molecule has 0 fully saturated rings. The highest BCUT2D eigenvalue weighted by molar-refractivity contribution is 5.42. The summed E-state index contributed by atoms with van der Waals surface area (Å²) >= 11 is 0. The van der Waals surface area contributed by atoms with Crippen LogP contribution in [0.15, 0.2) is 59.5 Å². The molecule has 0 radical (unpaired) electrons. The summed E-state index contributed by atoms with van der Waals surface area (Å²) in [6.45, 7) is 1.10. The topological polar surface area (TPSA) is 3.24 Å². The molecule has 84 valence electrons. The summed E-state index contributed by atoms with van der Waals surface area (Å²) in [6, 6.07) is 9.05. The molecule has 0 N–H and O–H groups in total. The SMILES string of the molecule is CN1CCc2ccccc2C1C1=C=C=CC=C1. The van der Waals surface area contributed by atoms with Crippen LogP contribution in [-0.4, -0.2) is 18.5 Å². The molecule has 1 unspecified atom stereocenters. The highest BCUT2D eigenvalue weighted by atomic mass is 15.1. The van der Waals surface area contributed by atoms with Gasteiger partial charge < -0.3 is 0 Å². The molecule has 2 aliphatic rings. The van der Waals surface area contributed by atoms with E-state index in [1.807, 2.05) is 12.2 Å². The van der Waals surface area contributed by atoms with Crippen LogP contribution >= 0.6 is 0 Å². The highest BCUT2D eigenvalue weighted by Gasteiger charge is 2.26. The van der Waals surface area contributed by atoms with Crippen LogP contribution in [0.3, 0.4) is 0 Å². The predicted octanol–water partition coefficient (Wildman–Crippen LogP) is 3.02. The quantitative estimate of drug-likeness (QED) is 0.659. The van der Waals surface area contributed by atoms with E-state index in [0.29, 0.717) is 6.04 Å². The second-order valence-electron chi connectivity index (χ2n) is 4.58. The number of likely N-dealkylation sites (N-methyl/N-ethyl adjacent to an activating group) is 1. The van der Waals surface area contributed by atoms with Crippen LogP contribution in [0.2, 0.25) is 0 Å². The van der Waals surface area contributed by atoms with Gasteiger partial charge in [-0.1, -0.05) is 41.8 Å². The lowest BCUT2D eigenvalue weighted by atomic mass is 9.88. The molecule has 1 atom stereocenters. The summed E-state index contributed by atoms with van der Waals surface area (Å²) in [5.74, 6) is 0. The van der Waals surface area contributed by atoms with Gasteiger partial charge in [-0.15, -0.1) is 0 Å². The molecule has 1 aromatic carbocycles. The third kappa shape index (κ3) is 1.81. The first-order valence-electron chi connectivity index (χ1n) is 6.02. The van der Waals surface area contributed by atoms with Crippen LogP contribution in [0.25, 0.3) is 0 Å². The van der Waals surface area contributed by atoms with E-state index in [0.717, 1.165) is 13.0 Å². The second kappa shape index (κ2) is 4.24. The van der Waals surface area contributed by atoms with Crippen LogP contribution in [0.4, 0.5) is 0 Å². The number of hydrogen-bond acceptors (Lipinski definition) is 1. The Morgan fingerprint density at radius 1 is 1.29 bits per heavy atom. The highest BCUT2D eigenvalue weighted by Crippen LogP contribution is 2.34. The summed E-state index contributed by atoms with van der Waals surface area (Å²) < 4.78 is 0. The number of fused-ring (bicyclic) bond motifs is 1. The lowest BCUT2D eigenvalue weighted by molar-refractivity contribution is 0.264. The number of allylic oxidation sites excluding steroid dienone is 2. The molecule has 1 heteroatoms. The molecule has 0 amide bonds. The van der Waals surface area contributed by atoms with Crippen molar-refractivity contribution in [3.63, 3.8) is 0 Å². The molecule has 0 saturated heterocycles. The average molecular weight is 221 g/mol. The molecule has 1 nitrogen and oxygen atoms in total. The largest absolute Gasteiger partial charge is 0.295 e. The number of rotatable bonds is 1. The standard InChI is InChI=1S/C16H15N/c1-17-12-11-13-7-5-6-10-15(13)16(17)14-8-3-2-4-9-14/h2-3,5-8,10,16H,11-12H2,1H3. The minimum atomic E-state index is 0.331. The lowest BCUT2D eigenvalue weighted by Crippen LogP contribution is -2.32. The van der Waals surface area contributed by atoms with E-state index in [1.165, 1.54) is 16.7 Å². The van der Waals surface area contributed by atoms with Gasteiger partial charge in [-0.2, -0.15) is 0 Å². The molecule has 17 heavy (non-hydrogen) atoms. The Kier molecular flexibility index (Phi) is 2.59. The first-order chi connectivity index (χ1) is 8.36. The Morgan fingerprint density at radius 3 is 3.00 bits per heavy atom. The van der Waals surface area contributed by atoms with Gasteiger partial charge >= 0.3 is 0 Å². The summed E-state index contributed by atoms with van der Waals surface area (Å²) in [5, 5.41) is 0. The fourth-order valence-electron chi connectivity index (χ4n) is 2.62. The smallest absolute Gasteiger partial charge is 0.0682 e. The minimum Gasteiger partial charge on any atom is -0.295 e. The van der Waals surface area contributed by atoms with E-state index in [4.69, 9.17) is 0 Å². The van der Waals surface area contributed by atoms with Crippen molar-refractivity contribution in [1.29, 1.82) is 0 Å². The molecular weight excluding hydrogens is 206 g/mol. The average Bonchev–Trinajstić information content (AvgIpc) is 2.39. The molecule has 1 aromatic rings. The zero-order valence-corrected chi connectivity index (χ0v) is 9.98. The molecule has 1 aliphatic carbocycles. The van der Waals surface area contributed by atoms with Gasteiger partial charge in [0.2, 0.25) is 0 Å². The van der Waals surface area contributed by atoms with Crippen molar-refractivity contribution in [1.82, 2.24) is 4.90 Å². The van der Waals surface area contributed by atoms with Gasteiger partial charge in [-0.05, 0) is 36.7 Å². The van der Waals surface area contributed by atoms with Crippen molar-refractivity contribution in [3.05, 3.63) is 70.7 Å². The van der Waals surface area contributed by atoms with Gasteiger partial charge in [0.15, 0.2) is 0 Å². The summed E-state index contributed by atoms with van der Waals surface area (Å²) in [4.78, 5) is 2.39. The zero-order valence-electron chi connectivity index (χ0n) is 9.98. The Bertz CT molecular complexity index is 567. The second-order valence-corrected chi connectivity index (χ2v) is 4.58. The first kappa shape index (κ1) is 10.4. The van der Waals surface area contributed by atoms with Gasteiger partial charge in [0.1, 0.15) is 0 Å². The number of nitrogens with zero attached hydrogens (tertiary/aromatic N) is 1. The molecule has 3 rings (SSSR count). The van der Waals surface area contributed by atoms with Crippen molar-refractivity contribution in [3.8, 4) is 0 Å². The fourth-order valence-corrected chi connectivity index (χ4v) is 2.62. The van der Waals surface area contributed by atoms with Gasteiger partial charge in [0.25, 0.3) is 0 Å². The van der Waals surface area contributed by atoms with Crippen LogP contribution in [0.1, 0.15) is 17.2 Å². The van der Waals surface area contributed by atoms with E-state index < -0.39 is 0 Å². The van der Waals surface area contributed by atoms with E-state index in [1.54, 1.807) is 0 Å². The Hall–Kier alpha value is -1.78. The maximum Gasteiger partial charge on any atom is 0.0682 e. The van der Waals surface area contributed by atoms with E-state index in [-0.39, 0.29) is 0 Å². The van der Waals surface area contributed by atoms with Crippen LogP contribution in [0.5, 0.6) is 0 Å². The van der Waals surface area contributed by atoms with Crippen molar-refractivity contribution in [2.75, 3.05) is 13.6 Å². The number of hydrogen-bond donors (Lipinski definition) is 0. The van der Waals surface area contributed by atoms with Gasteiger partial charge in [0, 0.05) is 12.1 Å². The third-order valence-corrected chi connectivity index (χ3v) is 3.49. The van der Waals surface area contributed by atoms with Gasteiger partial charge in [-0.3, -0.25) is 4.90 Å². The Balaban J connectivity index is 2.13. The van der Waals surface area contributed by atoms with Crippen molar-refractivity contribution in [2.24, 2.45) is 0 Å². The third-order valence-electron chi connectivity index (χ3n) is 3.49. The van der Waals surface area contributed by atoms with Crippen LogP contribution < -0.4 is 0 Å². The molecule has 1 aliphatic heterocycles. The molecule has 1 heterocycles. The van der Waals surface area contributed by atoms with E-state index in [9.17, 15) is 0 Å². The maximum absolute atomic E-state index is 3.24. The molecule has 0 spiro atoms. The zero-order chi connectivity index (χ0) is 11.7. The van der Waals surface area contributed by atoms with Gasteiger partial charge in [0.05, 0.1) is 6.04 Å². The molecule has 0 saturated carbocycles. The first-order valence-corrected chi connectivity index (χ1v) is 6.02. The normalized spacial score (nSPS) is 22.4. The summed E-state index contributed by atoms with van der Waals surface area (Å²) in [7, 11) is 2.18. The minimum absolute atomic E-state index is 0.331. The van der Waals surface area contributed by atoms with Crippen molar-refractivity contribution in [2.45, 2.75) is 12.5 Å². The van der Waals surface area contributed by atoms with Gasteiger partial charge in [-0.25, -0.2) is 0 Å². The fraction of sp³-hybridized carbons (Fsp3) is 0.250. The van der Waals surface area contributed by atoms with Crippen molar-refractivity contribution < 1.29 is 0 Å². The number of benzene rings is 1. The van der Waals surface area contributed by atoms with Crippen LogP contribution in [0, 0.1) is 0 Å². The molecular formula is C16H15N. The predicted molar refractivity (Wildman–Crippen MR) is 69.8 cm³/mol.